The molecule has 0 aromatic heterocycles. The molecule has 0 radical (unpaired) electrons. The van der Waals surface area contributed by atoms with E-state index in [1.807, 2.05) is 7.05 Å². The monoisotopic (exact) mass is 186 g/mol. The fourth-order valence-electron chi connectivity index (χ4n) is 1.67. The first-order chi connectivity index (χ1) is 6.13. The van der Waals surface area contributed by atoms with E-state index in [9.17, 15) is 0 Å². The van der Waals surface area contributed by atoms with Gasteiger partial charge in [0.15, 0.2) is 0 Å². The van der Waals surface area contributed by atoms with E-state index in [0.717, 1.165) is 19.7 Å². The summed E-state index contributed by atoms with van der Waals surface area (Å²) in [6.45, 7) is 9.64. The number of hydrogen-bond donors (Lipinski definition) is 1. The summed E-state index contributed by atoms with van der Waals surface area (Å²) in [5, 5.41) is 3.27. The zero-order valence-corrected chi connectivity index (χ0v) is 9.21. The highest BCUT2D eigenvalue weighted by atomic mass is 16.5. The Morgan fingerprint density at radius 1 is 1.54 bits per heavy atom. The molecule has 1 rings (SSSR count). The van der Waals surface area contributed by atoms with Gasteiger partial charge in [-0.2, -0.15) is 0 Å². The van der Waals surface area contributed by atoms with Gasteiger partial charge < -0.3 is 10.1 Å². The van der Waals surface area contributed by atoms with Gasteiger partial charge >= 0.3 is 0 Å². The van der Waals surface area contributed by atoms with Crippen LogP contribution in [0, 0.1) is 0 Å². The van der Waals surface area contributed by atoms with Crippen LogP contribution in [0.1, 0.15) is 20.8 Å². The third-order valence-corrected chi connectivity index (χ3v) is 2.74. The highest BCUT2D eigenvalue weighted by Crippen LogP contribution is 2.11. The fraction of sp³-hybridized carbons (Fsp3) is 1.00. The molecular formula is C10H22N2O. The number of morpholine rings is 1. The van der Waals surface area contributed by atoms with Gasteiger partial charge in [-0.05, 0) is 27.8 Å². The summed E-state index contributed by atoms with van der Waals surface area (Å²) in [6, 6.07) is 1.12. The van der Waals surface area contributed by atoms with Crippen LogP contribution in [0.3, 0.4) is 0 Å². The lowest BCUT2D eigenvalue weighted by molar-refractivity contribution is -0.0512. The second kappa shape index (κ2) is 4.94. The molecule has 3 nitrogen and oxygen atoms in total. The van der Waals surface area contributed by atoms with Crippen molar-refractivity contribution in [3.05, 3.63) is 0 Å². The van der Waals surface area contributed by atoms with Crippen LogP contribution in [-0.2, 0) is 4.74 Å². The van der Waals surface area contributed by atoms with Gasteiger partial charge in [-0.3, -0.25) is 4.90 Å². The second-order valence-electron chi connectivity index (χ2n) is 4.14. The van der Waals surface area contributed by atoms with Gasteiger partial charge in [0.1, 0.15) is 0 Å². The fourth-order valence-corrected chi connectivity index (χ4v) is 1.67. The number of ether oxygens (including phenoxy) is 1. The lowest BCUT2D eigenvalue weighted by Gasteiger charge is -2.38. The average Bonchev–Trinajstić information content (AvgIpc) is 2.11. The summed E-state index contributed by atoms with van der Waals surface area (Å²) >= 11 is 0. The molecular weight excluding hydrogens is 164 g/mol. The molecule has 3 unspecified atom stereocenters. The molecule has 1 saturated heterocycles. The van der Waals surface area contributed by atoms with E-state index in [0.29, 0.717) is 18.2 Å². The topological polar surface area (TPSA) is 24.5 Å². The number of nitrogens with one attached hydrogen (secondary N) is 1. The second-order valence-corrected chi connectivity index (χ2v) is 4.14. The lowest BCUT2D eigenvalue weighted by atomic mass is 10.2. The van der Waals surface area contributed by atoms with Crippen LogP contribution in [-0.4, -0.2) is 49.8 Å². The zero-order chi connectivity index (χ0) is 9.84. The Labute approximate surface area is 81.4 Å². The molecule has 0 saturated carbocycles. The molecule has 78 valence electrons. The van der Waals surface area contributed by atoms with Gasteiger partial charge in [0.05, 0.1) is 12.7 Å². The molecule has 0 aromatic carbocycles. The largest absolute Gasteiger partial charge is 0.376 e. The summed E-state index contributed by atoms with van der Waals surface area (Å²) < 4.78 is 5.57. The van der Waals surface area contributed by atoms with Crippen molar-refractivity contribution in [2.45, 2.75) is 39.0 Å². The highest BCUT2D eigenvalue weighted by molar-refractivity contribution is 4.77. The maximum absolute atomic E-state index is 5.57. The van der Waals surface area contributed by atoms with Crippen molar-refractivity contribution in [1.29, 1.82) is 0 Å². The first-order valence-corrected chi connectivity index (χ1v) is 5.16. The number of likely N-dealkylation sites (N-methyl/N-ethyl adjacent to an activating group) is 1. The van der Waals surface area contributed by atoms with Crippen molar-refractivity contribution in [1.82, 2.24) is 10.2 Å². The van der Waals surface area contributed by atoms with Crippen LogP contribution in [0.25, 0.3) is 0 Å². The van der Waals surface area contributed by atoms with Crippen LogP contribution in [0.2, 0.25) is 0 Å². The molecule has 1 aliphatic heterocycles. The third-order valence-electron chi connectivity index (χ3n) is 2.74. The van der Waals surface area contributed by atoms with Gasteiger partial charge in [0, 0.05) is 25.2 Å². The number of rotatable bonds is 3. The van der Waals surface area contributed by atoms with E-state index in [1.165, 1.54) is 0 Å². The summed E-state index contributed by atoms with van der Waals surface area (Å²) in [5.41, 5.74) is 0. The Morgan fingerprint density at radius 3 is 2.85 bits per heavy atom. The average molecular weight is 186 g/mol. The van der Waals surface area contributed by atoms with Crippen molar-refractivity contribution < 1.29 is 4.74 Å². The van der Waals surface area contributed by atoms with Crippen molar-refractivity contribution >= 4 is 0 Å². The summed E-state index contributed by atoms with van der Waals surface area (Å²) in [6.07, 6.45) is 0.389. The van der Waals surface area contributed by atoms with Gasteiger partial charge in [0.2, 0.25) is 0 Å². The maximum atomic E-state index is 5.57. The van der Waals surface area contributed by atoms with Crippen molar-refractivity contribution in [3.8, 4) is 0 Å². The van der Waals surface area contributed by atoms with Gasteiger partial charge in [0.25, 0.3) is 0 Å². The summed E-state index contributed by atoms with van der Waals surface area (Å²) in [7, 11) is 2.01. The minimum Gasteiger partial charge on any atom is -0.376 e. The number of hydrogen-bond acceptors (Lipinski definition) is 3. The first-order valence-electron chi connectivity index (χ1n) is 5.16. The molecule has 3 atom stereocenters. The summed E-state index contributed by atoms with van der Waals surface area (Å²) in [4.78, 5) is 2.50. The molecule has 0 aliphatic carbocycles. The van der Waals surface area contributed by atoms with Crippen LogP contribution in [0.5, 0.6) is 0 Å². The molecule has 1 aliphatic rings. The van der Waals surface area contributed by atoms with Crippen LogP contribution >= 0.6 is 0 Å². The van der Waals surface area contributed by atoms with Gasteiger partial charge in [-0.25, -0.2) is 0 Å². The molecule has 1 N–H and O–H groups in total. The molecule has 0 bridgehead atoms. The Kier molecular flexibility index (Phi) is 4.16. The highest BCUT2D eigenvalue weighted by Gasteiger charge is 2.23. The van der Waals surface area contributed by atoms with Crippen molar-refractivity contribution in [2.24, 2.45) is 0 Å². The molecule has 13 heavy (non-hydrogen) atoms. The van der Waals surface area contributed by atoms with E-state index in [1.54, 1.807) is 0 Å². The minimum absolute atomic E-state index is 0.389. The predicted molar refractivity (Wildman–Crippen MR) is 55.0 cm³/mol. The molecule has 1 heterocycles. The smallest absolute Gasteiger partial charge is 0.0674 e. The molecule has 0 amide bonds. The minimum atomic E-state index is 0.389. The predicted octanol–water partition coefficient (Wildman–Crippen LogP) is 0.703. The Balaban J connectivity index is 2.37. The molecule has 1 fully saturated rings. The van der Waals surface area contributed by atoms with Crippen LogP contribution in [0.4, 0.5) is 0 Å². The standard InChI is InChI=1S/C10H22N2O/c1-8(11-4)5-12-6-10(3)13-7-9(12)2/h8-11H,5-7H2,1-4H3. The molecule has 0 spiro atoms. The Morgan fingerprint density at radius 2 is 2.23 bits per heavy atom. The lowest BCUT2D eigenvalue weighted by Crippen LogP contribution is -2.51. The van der Waals surface area contributed by atoms with E-state index < -0.39 is 0 Å². The van der Waals surface area contributed by atoms with Crippen molar-refractivity contribution in [2.75, 3.05) is 26.7 Å². The Hall–Kier alpha value is -0.120. The summed E-state index contributed by atoms with van der Waals surface area (Å²) in [5.74, 6) is 0. The zero-order valence-electron chi connectivity index (χ0n) is 9.21. The van der Waals surface area contributed by atoms with E-state index in [4.69, 9.17) is 4.74 Å². The van der Waals surface area contributed by atoms with E-state index in [2.05, 4.69) is 31.0 Å². The molecule has 3 heteroatoms. The maximum Gasteiger partial charge on any atom is 0.0674 e. The quantitative estimate of drug-likeness (QED) is 0.702. The Bertz CT molecular complexity index is 152. The normalized spacial score (nSPS) is 33.2. The van der Waals surface area contributed by atoms with Crippen LogP contribution in [0.15, 0.2) is 0 Å². The molecule has 0 aromatic rings. The van der Waals surface area contributed by atoms with Crippen molar-refractivity contribution in [3.63, 3.8) is 0 Å². The number of nitrogens with zero attached hydrogens (tertiary/aromatic N) is 1. The first kappa shape index (κ1) is 11.0. The van der Waals surface area contributed by atoms with Crippen LogP contribution < -0.4 is 5.32 Å². The van der Waals surface area contributed by atoms with Gasteiger partial charge in [-0.1, -0.05) is 0 Å². The third kappa shape index (κ3) is 3.25. The SMILES string of the molecule is CNC(C)CN1CC(C)OCC1C. The van der Waals surface area contributed by atoms with Gasteiger partial charge in [-0.15, -0.1) is 0 Å². The van der Waals surface area contributed by atoms with E-state index in [-0.39, 0.29) is 0 Å². The van der Waals surface area contributed by atoms with E-state index >= 15 is 0 Å².